The molecule has 0 unspecified atom stereocenters. The van der Waals surface area contributed by atoms with Crippen molar-refractivity contribution >= 4 is 21.4 Å². The third-order valence-electron chi connectivity index (χ3n) is 3.24. The quantitative estimate of drug-likeness (QED) is 0.871. The van der Waals surface area contributed by atoms with Crippen LogP contribution in [-0.4, -0.2) is 21.5 Å². The first kappa shape index (κ1) is 14.0. The first-order valence-corrected chi connectivity index (χ1v) is 8.59. The molecule has 1 aromatic heterocycles. The van der Waals surface area contributed by atoms with Crippen LogP contribution in [0.25, 0.3) is 0 Å². The Hall–Kier alpha value is -0.430. The van der Waals surface area contributed by atoms with Crippen molar-refractivity contribution in [2.24, 2.45) is 0 Å². The molecule has 18 heavy (non-hydrogen) atoms. The molecule has 0 aromatic carbocycles. The molecular weight excluding hydrogens is 268 g/mol. The summed E-state index contributed by atoms with van der Waals surface area (Å²) in [7, 11) is -1.48. The molecule has 0 spiro atoms. The van der Waals surface area contributed by atoms with Crippen LogP contribution >= 0.6 is 11.3 Å². The lowest BCUT2D eigenvalue weighted by atomic mass is 10.3. The Morgan fingerprint density at radius 1 is 1.39 bits per heavy atom. The molecule has 6 heteroatoms. The summed E-state index contributed by atoms with van der Waals surface area (Å²) in [6.45, 7) is 2.58. The summed E-state index contributed by atoms with van der Waals surface area (Å²) in [6.07, 6.45) is 4.18. The molecule has 2 N–H and O–H groups in total. The van der Waals surface area contributed by atoms with Crippen LogP contribution in [0.2, 0.25) is 0 Å². The zero-order valence-corrected chi connectivity index (χ0v) is 12.5. The van der Waals surface area contributed by atoms with Gasteiger partial charge in [0, 0.05) is 22.3 Å². The maximum atomic E-state index is 12.3. The van der Waals surface area contributed by atoms with Gasteiger partial charge in [0.25, 0.3) is 0 Å². The molecule has 1 heterocycles. The number of thiophene rings is 1. The van der Waals surface area contributed by atoms with Gasteiger partial charge >= 0.3 is 0 Å². The van der Waals surface area contributed by atoms with Crippen LogP contribution in [0.4, 0.5) is 0 Å². The summed E-state index contributed by atoms with van der Waals surface area (Å²) >= 11 is 1.54. The van der Waals surface area contributed by atoms with Crippen LogP contribution in [0.15, 0.2) is 11.0 Å². The fourth-order valence-electron chi connectivity index (χ4n) is 2.38. The molecule has 1 aromatic rings. The predicted molar refractivity (Wildman–Crippen MR) is 74.4 cm³/mol. The Bertz CT molecular complexity index is 502. The first-order chi connectivity index (χ1) is 8.53. The van der Waals surface area contributed by atoms with Crippen molar-refractivity contribution in [3.05, 3.63) is 15.8 Å². The van der Waals surface area contributed by atoms with Gasteiger partial charge in [0.2, 0.25) is 10.0 Å². The van der Waals surface area contributed by atoms with E-state index in [1.165, 1.54) is 0 Å². The minimum atomic E-state index is -3.34. The molecular formula is C12H20N2O2S2. The molecule has 0 atom stereocenters. The highest BCUT2D eigenvalue weighted by molar-refractivity contribution is 7.89. The Kier molecular flexibility index (Phi) is 4.42. The molecule has 0 radical (unpaired) electrons. The lowest BCUT2D eigenvalue weighted by Gasteiger charge is -2.11. The van der Waals surface area contributed by atoms with Gasteiger partial charge in [0.05, 0.1) is 4.90 Å². The molecule has 0 aliphatic heterocycles. The molecule has 1 fully saturated rings. The summed E-state index contributed by atoms with van der Waals surface area (Å²) < 4.78 is 27.4. The molecule has 0 bridgehead atoms. The molecule has 0 amide bonds. The van der Waals surface area contributed by atoms with Crippen molar-refractivity contribution in [1.82, 2.24) is 10.0 Å². The zero-order valence-electron chi connectivity index (χ0n) is 10.8. The maximum Gasteiger partial charge on any atom is 0.241 e. The van der Waals surface area contributed by atoms with E-state index in [0.717, 1.165) is 35.4 Å². The van der Waals surface area contributed by atoms with Crippen LogP contribution < -0.4 is 10.0 Å². The summed E-state index contributed by atoms with van der Waals surface area (Å²) in [5.41, 5.74) is 0. The van der Waals surface area contributed by atoms with Gasteiger partial charge in [-0.25, -0.2) is 13.1 Å². The van der Waals surface area contributed by atoms with Crippen molar-refractivity contribution < 1.29 is 8.42 Å². The van der Waals surface area contributed by atoms with E-state index in [4.69, 9.17) is 0 Å². The third-order valence-corrected chi connectivity index (χ3v) is 6.07. The van der Waals surface area contributed by atoms with Crippen LogP contribution in [0, 0.1) is 6.92 Å². The van der Waals surface area contributed by atoms with Gasteiger partial charge in [-0.05, 0) is 32.9 Å². The third kappa shape index (κ3) is 3.12. The second-order valence-electron chi connectivity index (χ2n) is 4.77. The number of aryl methyl sites for hydroxylation is 1. The highest BCUT2D eigenvalue weighted by Gasteiger charge is 2.25. The minimum absolute atomic E-state index is 0.127. The number of hydrogen-bond acceptors (Lipinski definition) is 4. The smallest absolute Gasteiger partial charge is 0.241 e. The summed E-state index contributed by atoms with van der Waals surface area (Å²) in [5.74, 6) is 0. The van der Waals surface area contributed by atoms with E-state index < -0.39 is 10.0 Å². The molecule has 1 aliphatic rings. The summed E-state index contributed by atoms with van der Waals surface area (Å²) in [4.78, 5) is 2.37. The molecule has 4 nitrogen and oxygen atoms in total. The summed E-state index contributed by atoms with van der Waals surface area (Å²) in [6, 6.07) is 1.91. The van der Waals surface area contributed by atoms with Crippen LogP contribution in [0.5, 0.6) is 0 Å². The van der Waals surface area contributed by atoms with Crippen LogP contribution in [0.1, 0.15) is 35.4 Å². The van der Waals surface area contributed by atoms with E-state index in [1.807, 2.05) is 14.0 Å². The number of nitrogens with one attached hydrogen (secondary N) is 2. The number of rotatable bonds is 5. The van der Waals surface area contributed by atoms with E-state index in [2.05, 4.69) is 10.0 Å². The molecule has 2 rings (SSSR count). The normalized spacial score (nSPS) is 17.4. The highest BCUT2D eigenvalue weighted by atomic mass is 32.2. The molecule has 1 aliphatic carbocycles. The van der Waals surface area contributed by atoms with Gasteiger partial charge in [-0.1, -0.05) is 12.8 Å². The number of sulfonamides is 1. The second-order valence-corrected chi connectivity index (χ2v) is 7.79. The van der Waals surface area contributed by atoms with Gasteiger partial charge in [0.15, 0.2) is 0 Å². The number of hydrogen-bond donors (Lipinski definition) is 2. The summed E-state index contributed by atoms with van der Waals surface area (Å²) in [5, 5.41) is 3.04. The first-order valence-electron chi connectivity index (χ1n) is 6.29. The van der Waals surface area contributed by atoms with E-state index in [0.29, 0.717) is 11.4 Å². The van der Waals surface area contributed by atoms with Crippen molar-refractivity contribution in [3.63, 3.8) is 0 Å². The SMILES string of the molecule is CNCc1cc(S(=O)(=O)NC2CCCC2)c(C)s1. The lowest BCUT2D eigenvalue weighted by Crippen LogP contribution is -2.32. The van der Waals surface area contributed by atoms with Gasteiger partial charge in [-0.2, -0.15) is 0 Å². The van der Waals surface area contributed by atoms with E-state index in [9.17, 15) is 8.42 Å². The molecule has 102 valence electrons. The van der Waals surface area contributed by atoms with E-state index in [1.54, 1.807) is 17.4 Å². The Morgan fingerprint density at radius 3 is 2.67 bits per heavy atom. The molecule has 0 saturated heterocycles. The second kappa shape index (κ2) is 5.69. The monoisotopic (exact) mass is 288 g/mol. The predicted octanol–water partition coefficient (Wildman–Crippen LogP) is 2.00. The topological polar surface area (TPSA) is 58.2 Å². The fraction of sp³-hybridized carbons (Fsp3) is 0.667. The van der Waals surface area contributed by atoms with Gasteiger partial charge in [0.1, 0.15) is 0 Å². The maximum absolute atomic E-state index is 12.3. The van der Waals surface area contributed by atoms with Gasteiger partial charge in [-0.3, -0.25) is 0 Å². The van der Waals surface area contributed by atoms with E-state index in [-0.39, 0.29) is 6.04 Å². The van der Waals surface area contributed by atoms with Crippen molar-refractivity contribution in [1.29, 1.82) is 0 Å². The largest absolute Gasteiger partial charge is 0.315 e. The van der Waals surface area contributed by atoms with Crippen molar-refractivity contribution in [3.8, 4) is 0 Å². The van der Waals surface area contributed by atoms with Gasteiger partial charge in [-0.15, -0.1) is 11.3 Å². The Balaban J connectivity index is 2.17. The van der Waals surface area contributed by atoms with Crippen LogP contribution in [-0.2, 0) is 16.6 Å². The fourth-order valence-corrected chi connectivity index (χ4v) is 5.33. The standard InChI is InChI=1S/C12H20N2O2S2/c1-9-12(7-11(17-9)8-13-2)18(15,16)14-10-5-3-4-6-10/h7,10,13-14H,3-6,8H2,1-2H3. The van der Waals surface area contributed by atoms with Gasteiger partial charge < -0.3 is 5.32 Å². The minimum Gasteiger partial charge on any atom is -0.315 e. The Morgan fingerprint density at radius 2 is 2.06 bits per heavy atom. The average Bonchev–Trinajstić information content (AvgIpc) is 2.88. The van der Waals surface area contributed by atoms with Crippen molar-refractivity contribution in [2.45, 2.75) is 50.1 Å². The zero-order chi connectivity index (χ0) is 13.2. The lowest BCUT2D eigenvalue weighted by molar-refractivity contribution is 0.552. The van der Waals surface area contributed by atoms with Crippen LogP contribution in [0.3, 0.4) is 0 Å². The molecule has 1 saturated carbocycles. The highest BCUT2D eigenvalue weighted by Crippen LogP contribution is 2.27. The van der Waals surface area contributed by atoms with Crippen molar-refractivity contribution in [2.75, 3.05) is 7.05 Å². The Labute approximate surface area is 113 Å². The van der Waals surface area contributed by atoms with E-state index >= 15 is 0 Å². The average molecular weight is 288 g/mol.